The number of hydrogen-bond acceptors (Lipinski definition) is 5. The summed E-state index contributed by atoms with van der Waals surface area (Å²) in [5, 5.41) is 8.57. The number of hydrogen-bond donors (Lipinski definition) is 2. The largest absolute Gasteiger partial charge is 0.472 e. The van der Waals surface area contributed by atoms with E-state index in [9.17, 15) is 9.46 Å². The van der Waals surface area contributed by atoms with E-state index in [0.29, 0.717) is 6.42 Å². The van der Waals surface area contributed by atoms with Crippen molar-refractivity contribution in [2.75, 3.05) is 13.2 Å². The average molecular weight is 278 g/mol. The van der Waals surface area contributed by atoms with Gasteiger partial charge < -0.3 is 14.7 Å². The summed E-state index contributed by atoms with van der Waals surface area (Å²) in [6.45, 7) is 3.71. The van der Waals surface area contributed by atoms with Crippen LogP contribution in [0.1, 0.15) is 26.7 Å². The molecule has 104 valence electrons. The molecule has 1 fully saturated rings. The Morgan fingerprint density at radius 2 is 2.22 bits per heavy atom. The van der Waals surface area contributed by atoms with Crippen molar-refractivity contribution in [3.05, 3.63) is 0 Å². The van der Waals surface area contributed by atoms with Crippen LogP contribution in [0, 0.1) is 5.92 Å². The van der Waals surface area contributed by atoms with Crippen molar-refractivity contribution < 1.29 is 28.3 Å². The molecule has 1 aliphatic heterocycles. The lowest BCUT2D eigenvalue weighted by atomic mass is 9.94. The van der Waals surface area contributed by atoms with Crippen molar-refractivity contribution >= 4 is 15.7 Å². The third kappa shape index (κ3) is 5.00. The minimum absolute atomic E-state index is 0.0315. The molecule has 8 heteroatoms. The molecule has 0 aromatic heterocycles. The maximum atomic E-state index is 11.7. The molecule has 2 N–H and O–H groups in total. The number of aliphatic hydroxyl groups is 1. The Morgan fingerprint density at radius 1 is 1.56 bits per heavy atom. The van der Waals surface area contributed by atoms with Gasteiger partial charge in [-0.25, -0.2) is 4.57 Å². The zero-order chi connectivity index (χ0) is 13.8. The van der Waals surface area contributed by atoms with Crippen LogP contribution >= 0.6 is 7.82 Å². The number of phosphoric acid groups is 1. The summed E-state index contributed by atoms with van der Waals surface area (Å²) in [5.74, 6) is 0.126. The van der Waals surface area contributed by atoms with Crippen LogP contribution in [0.3, 0.4) is 0 Å². The lowest BCUT2D eigenvalue weighted by molar-refractivity contribution is -0.00179. The van der Waals surface area contributed by atoms with Gasteiger partial charge in [0.15, 0.2) is 0 Å². The van der Waals surface area contributed by atoms with Gasteiger partial charge in [0.1, 0.15) is 7.85 Å². The van der Waals surface area contributed by atoms with Gasteiger partial charge in [-0.2, -0.15) is 0 Å². The summed E-state index contributed by atoms with van der Waals surface area (Å²) in [4.78, 5) is 9.52. The monoisotopic (exact) mass is 278 g/mol. The predicted molar refractivity (Wildman–Crippen MR) is 66.2 cm³/mol. The minimum Gasteiger partial charge on any atom is -0.396 e. The number of ether oxygens (including phenoxy) is 1. The highest BCUT2D eigenvalue weighted by molar-refractivity contribution is 7.47. The van der Waals surface area contributed by atoms with Crippen molar-refractivity contribution in [3.63, 3.8) is 0 Å². The van der Waals surface area contributed by atoms with Crippen LogP contribution in [0.15, 0.2) is 0 Å². The molecule has 1 rings (SSSR count). The molecular formula is C10H20BO6P. The molecule has 0 spiro atoms. The fourth-order valence-corrected chi connectivity index (χ4v) is 2.81. The highest BCUT2D eigenvalue weighted by Crippen LogP contribution is 2.47. The molecule has 2 radical (unpaired) electrons. The first-order valence-electron chi connectivity index (χ1n) is 6.03. The smallest absolute Gasteiger partial charge is 0.396 e. The van der Waals surface area contributed by atoms with Gasteiger partial charge >= 0.3 is 7.82 Å². The lowest BCUT2D eigenvalue weighted by Crippen LogP contribution is -2.28. The molecular weight excluding hydrogens is 258 g/mol. The van der Waals surface area contributed by atoms with Crippen molar-refractivity contribution in [3.8, 4) is 0 Å². The van der Waals surface area contributed by atoms with E-state index in [1.807, 2.05) is 13.8 Å². The Labute approximate surface area is 109 Å². The van der Waals surface area contributed by atoms with Crippen LogP contribution in [0.5, 0.6) is 0 Å². The normalized spacial score (nSPS) is 31.7. The summed E-state index contributed by atoms with van der Waals surface area (Å²) in [7, 11) is 1.52. The van der Waals surface area contributed by atoms with Crippen LogP contribution in [-0.2, 0) is 18.3 Å². The van der Waals surface area contributed by atoms with Crippen molar-refractivity contribution in [1.82, 2.24) is 0 Å². The fraction of sp³-hybridized carbons (Fsp3) is 1.00. The molecule has 18 heavy (non-hydrogen) atoms. The van der Waals surface area contributed by atoms with E-state index in [2.05, 4.69) is 0 Å². The SMILES string of the molecule is [B]C1CC(OP(=O)(O)OCCCO)C(C(C)C)O1. The molecule has 0 aliphatic carbocycles. The van der Waals surface area contributed by atoms with Crippen LogP contribution in [-0.4, -0.2) is 49.3 Å². The Bertz CT molecular complexity index is 300. The lowest BCUT2D eigenvalue weighted by Gasteiger charge is -2.24. The van der Waals surface area contributed by atoms with Gasteiger partial charge in [0, 0.05) is 12.6 Å². The second-order valence-corrected chi connectivity index (χ2v) is 6.05. The number of phosphoric ester groups is 1. The first-order chi connectivity index (χ1) is 8.35. The van der Waals surface area contributed by atoms with Gasteiger partial charge in [-0.05, 0) is 18.8 Å². The van der Waals surface area contributed by atoms with Crippen LogP contribution < -0.4 is 0 Å². The van der Waals surface area contributed by atoms with E-state index in [1.54, 1.807) is 0 Å². The summed E-state index contributed by atoms with van der Waals surface area (Å²) in [5.41, 5.74) is 0. The van der Waals surface area contributed by atoms with Crippen LogP contribution in [0.2, 0.25) is 0 Å². The predicted octanol–water partition coefficient (Wildman–Crippen LogP) is 0.810. The molecule has 4 atom stereocenters. The number of aliphatic hydroxyl groups excluding tert-OH is 1. The van der Waals surface area contributed by atoms with Gasteiger partial charge in [-0.1, -0.05) is 13.8 Å². The highest BCUT2D eigenvalue weighted by Gasteiger charge is 2.40. The van der Waals surface area contributed by atoms with Gasteiger partial charge in [0.25, 0.3) is 0 Å². The molecule has 0 aromatic rings. The van der Waals surface area contributed by atoms with Gasteiger partial charge in [0.05, 0.1) is 18.8 Å². The van der Waals surface area contributed by atoms with Crippen molar-refractivity contribution in [2.24, 2.45) is 5.92 Å². The van der Waals surface area contributed by atoms with Crippen LogP contribution in [0.4, 0.5) is 0 Å². The Hall–Kier alpha value is 0.0949. The van der Waals surface area contributed by atoms with E-state index in [0.717, 1.165) is 0 Å². The fourth-order valence-electron chi connectivity index (χ4n) is 1.84. The molecule has 0 amide bonds. The molecule has 0 saturated carbocycles. The summed E-state index contributed by atoms with van der Waals surface area (Å²) in [6.07, 6.45) is -0.231. The number of rotatable bonds is 7. The summed E-state index contributed by atoms with van der Waals surface area (Å²) < 4.78 is 26.9. The van der Waals surface area contributed by atoms with E-state index < -0.39 is 19.9 Å². The molecule has 0 bridgehead atoms. The van der Waals surface area contributed by atoms with E-state index in [1.165, 1.54) is 0 Å². The highest BCUT2D eigenvalue weighted by atomic mass is 31.2. The zero-order valence-electron chi connectivity index (χ0n) is 10.7. The standard InChI is InChI=1S/C10H20BO6P/c1-7(2)10-8(6-9(11)16-10)17-18(13,14)15-5-3-4-12/h7-10,12H,3-6H2,1-2H3,(H,13,14). The van der Waals surface area contributed by atoms with Crippen molar-refractivity contribution in [2.45, 2.75) is 44.9 Å². The van der Waals surface area contributed by atoms with Gasteiger partial charge in [-0.15, -0.1) is 0 Å². The first-order valence-corrected chi connectivity index (χ1v) is 7.53. The third-order valence-electron chi connectivity index (χ3n) is 2.65. The van der Waals surface area contributed by atoms with Crippen LogP contribution in [0.25, 0.3) is 0 Å². The maximum absolute atomic E-state index is 11.7. The molecule has 1 aliphatic rings. The molecule has 6 nitrogen and oxygen atoms in total. The van der Waals surface area contributed by atoms with Gasteiger partial charge in [-0.3, -0.25) is 9.05 Å². The second kappa shape index (κ2) is 7.03. The average Bonchev–Trinajstić information content (AvgIpc) is 2.58. The molecule has 4 unspecified atom stereocenters. The van der Waals surface area contributed by atoms with Crippen molar-refractivity contribution in [1.29, 1.82) is 0 Å². The molecule has 0 aromatic carbocycles. The molecule has 1 heterocycles. The second-order valence-electron chi connectivity index (χ2n) is 4.64. The van der Waals surface area contributed by atoms with Gasteiger partial charge in [0.2, 0.25) is 0 Å². The summed E-state index contributed by atoms with van der Waals surface area (Å²) >= 11 is 0. The maximum Gasteiger partial charge on any atom is 0.472 e. The third-order valence-corrected chi connectivity index (χ3v) is 3.69. The summed E-state index contributed by atoms with van der Waals surface area (Å²) in [6, 6.07) is -0.486. The van der Waals surface area contributed by atoms with E-state index in [4.69, 9.17) is 26.7 Å². The Morgan fingerprint density at radius 3 is 2.78 bits per heavy atom. The topological polar surface area (TPSA) is 85.2 Å². The van der Waals surface area contributed by atoms with E-state index in [-0.39, 0.29) is 31.7 Å². The van der Waals surface area contributed by atoms with E-state index >= 15 is 0 Å². The first kappa shape index (κ1) is 16.2. The Kier molecular flexibility index (Phi) is 6.31. The Balaban J connectivity index is 2.51. The quantitative estimate of drug-likeness (QED) is 0.407. The zero-order valence-corrected chi connectivity index (χ0v) is 11.6. The minimum atomic E-state index is -4.12. The molecule has 1 saturated heterocycles.